The number of ether oxygens (including phenoxy) is 2. The highest BCUT2D eigenvalue weighted by Gasteiger charge is 2.53. The van der Waals surface area contributed by atoms with Crippen molar-refractivity contribution >= 4 is 52.7 Å². The van der Waals surface area contributed by atoms with Crippen molar-refractivity contribution in [2.75, 3.05) is 46.9 Å². The van der Waals surface area contributed by atoms with E-state index in [4.69, 9.17) is 14.0 Å². The van der Waals surface area contributed by atoms with Crippen LogP contribution in [0.3, 0.4) is 0 Å². The minimum atomic E-state index is -2.01. The average Bonchev–Trinajstić information content (AvgIpc) is 3.89. The molecule has 1 aliphatic heterocycles. The van der Waals surface area contributed by atoms with E-state index in [9.17, 15) is 48.2 Å². The van der Waals surface area contributed by atoms with E-state index >= 15 is 0 Å². The van der Waals surface area contributed by atoms with Gasteiger partial charge in [0.05, 0.1) is 33.8 Å². The molecule has 2 fully saturated rings. The Bertz CT molecular complexity index is 3090. The third-order valence-electron chi connectivity index (χ3n) is 13.8. The number of rotatable bonds is 21. The molecule has 8 rings (SSSR count). The number of thiazole rings is 1. The normalized spacial score (nSPS) is 17.5. The molecule has 2 aliphatic carbocycles. The summed E-state index contributed by atoms with van der Waals surface area (Å²) in [6, 6.07) is 14.1. The Kier molecular flexibility index (Phi) is 17.1. The van der Waals surface area contributed by atoms with Crippen molar-refractivity contribution in [3.05, 3.63) is 99.8 Å². The van der Waals surface area contributed by atoms with E-state index in [2.05, 4.69) is 36.7 Å². The monoisotopic (exact) mass is 1090 g/mol. The summed E-state index contributed by atoms with van der Waals surface area (Å²) in [7, 11) is 3.15. The molecule has 414 valence electrons. The number of carbonyl (C=O) groups is 7. The van der Waals surface area contributed by atoms with Gasteiger partial charge >= 0.3 is 0 Å². The van der Waals surface area contributed by atoms with Gasteiger partial charge in [-0.2, -0.15) is 0 Å². The number of halogens is 1. The van der Waals surface area contributed by atoms with E-state index < -0.39 is 58.8 Å². The van der Waals surface area contributed by atoms with E-state index in [-0.39, 0.29) is 99.3 Å². The molecule has 5 aromatic rings. The SMILES string of the molecule is Cc1ncsc1-c1ccc(CNC(=O)[C@@H]2C[C@@H](O)CN2C(=O)[C@@H](NC(=O)C2(F)CC2)C(C)(C)C)c(OCC(=O)NCCCNC(=O)COc2ccc3c(c2)[C@H](NC(=O)c2cc(-c4ccc(C(=O)N(C)C)c(O)c4)on2)CC3)c1. The van der Waals surface area contributed by atoms with Crippen molar-refractivity contribution in [3.8, 4) is 39.0 Å². The Balaban J connectivity index is 0.784. The van der Waals surface area contributed by atoms with Crippen LogP contribution in [-0.4, -0.2) is 142 Å². The van der Waals surface area contributed by atoms with Crippen molar-refractivity contribution < 1.29 is 62.2 Å². The Morgan fingerprint density at radius 3 is 2.32 bits per heavy atom. The molecule has 0 bridgehead atoms. The molecule has 1 saturated carbocycles. The quantitative estimate of drug-likeness (QED) is 0.0505. The fourth-order valence-corrected chi connectivity index (χ4v) is 9.99. The number of hydrogen-bond acceptors (Lipinski definition) is 15. The molecule has 21 nitrogen and oxygen atoms in total. The van der Waals surface area contributed by atoms with Crippen LogP contribution in [0.1, 0.15) is 102 Å². The van der Waals surface area contributed by atoms with E-state index in [0.29, 0.717) is 41.9 Å². The van der Waals surface area contributed by atoms with Crippen LogP contribution < -0.4 is 36.1 Å². The minimum absolute atomic E-state index is 0.0273. The topological polar surface area (TPSA) is 284 Å². The second-order valence-corrected chi connectivity index (χ2v) is 21.9. The van der Waals surface area contributed by atoms with Crippen molar-refractivity contribution in [3.63, 3.8) is 0 Å². The average molecular weight is 1090 g/mol. The highest BCUT2D eigenvalue weighted by molar-refractivity contribution is 7.13. The Hall–Kier alpha value is -7.92. The predicted octanol–water partition coefficient (Wildman–Crippen LogP) is 4.29. The van der Waals surface area contributed by atoms with Crippen LogP contribution in [0.25, 0.3) is 21.8 Å². The van der Waals surface area contributed by atoms with E-state index in [0.717, 1.165) is 27.3 Å². The maximum Gasteiger partial charge on any atom is 0.273 e. The van der Waals surface area contributed by atoms with Gasteiger partial charge in [-0.3, -0.25) is 33.6 Å². The van der Waals surface area contributed by atoms with Gasteiger partial charge in [0.15, 0.2) is 30.3 Å². The van der Waals surface area contributed by atoms with Crippen LogP contribution in [0.4, 0.5) is 4.39 Å². The number of nitrogens with one attached hydrogen (secondary N) is 5. The number of fused-ring (bicyclic) bond motifs is 1. The van der Waals surface area contributed by atoms with Crippen molar-refractivity contribution in [2.45, 2.75) is 103 Å². The Morgan fingerprint density at radius 1 is 0.936 bits per heavy atom. The first-order valence-electron chi connectivity index (χ1n) is 25.6. The fourth-order valence-electron chi connectivity index (χ4n) is 9.19. The molecular weight excluding hydrogens is 1030 g/mol. The maximum atomic E-state index is 14.7. The predicted molar refractivity (Wildman–Crippen MR) is 283 cm³/mol. The lowest BCUT2D eigenvalue weighted by Gasteiger charge is -2.35. The summed E-state index contributed by atoms with van der Waals surface area (Å²) in [5.41, 5.74) is 3.39. The molecule has 3 aliphatic rings. The largest absolute Gasteiger partial charge is 0.507 e. The Morgan fingerprint density at radius 2 is 1.65 bits per heavy atom. The van der Waals surface area contributed by atoms with E-state index in [1.165, 1.54) is 39.3 Å². The summed E-state index contributed by atoms with van der Waals surface area (Å²) in [6.07, 6.45) is 0.811. The first-order valence-corrected chi connectivity index (χ1v) is 26.5. The van der Waals surface area contributed by atoms with Gasteiger partial charge in [0.25, 0.3) is 29.5 Å². The number of aryl methyl sites for hydroxylation is 2. The smallest absolute Gasteiger partial charge is 0.273 e. The van der Waals surface area contributed by atoms with Crippen LogP contribution in [0.15, 0.2) is 70.7 Å². The summed E-state index contributed by atoms with van der Waals surface area (Å²) >= 11 is 1.43. The molecule has 7 N–H and O–H groups in total. The summed E-state index contributed by atoms with van der Waals surface area (Å²) < 4.78 is 31.9. The molecule has 0 spiro atoms. The van der Waals surface area contributed by atoms with Crippen LogP contribution in [0.5, 0.6) is 17.2 Å². The first kappa shape index (κ1) is 56.3. The fraction of sp³-hybridized carbons (Fsp3) is 0.436. The molecule has 23 heteroatoms. The molecule has 0 radical (unpaired) electrons. The van der Waals surface area contributed by atoms with Gasteiger partial charge in [-0.25, -0.2) is 9.37 Å². The van der Waals surface area contributed by atoms with Gasteiger partial charge in [0.2, 0.25) is 11.8 Å². The van der Waals surface area contributed by atoms with Crippen LogP contribution in [0.2, 0.25) is 0 Å². The third-order valence-corrected chi connectivity index (χ3v) is 14.7. The van der Waals surface area contributed by atoms with Crippen molar-refractivity contribution in [2.24, 2.45) is 5.41 Å². The number of aliphatic hydroxyl groups excluding tert-OH is 1. The lowest BCUT2D eigenvalue weighted by Crippen LogP contribution is -2.59. The number of alkyl halides is 1. The lowest BCUT2D eigenvalue weighted by atomic mass is 9.85. The second-order valence-electron chi connectivity index (χ2n) is 21.0. The molecule has 1 saturated heterocycles. The van der Waals surface area contributed by atoms with Crippen LogP contribution in [-0.2, 0) is 36.9 Å². The molecule has 3 aromatic carbocycles. The number of aliphatic hydroxyl groups is 1. The van der Waals surface area contributed by atoms with Crippen molar-refractivity contribution in [1.29, 1.82) is 0 Å². The van der Waals surface area contributed by atoms with Gasteiger partial charge in [0, 0.05) is 63.9 Å². The van der Waals surface area contributed by atoms with Gasteiger partial charge in [-0.1, -0.05) is 50.2 Å². The number of aromatic nitrogens is 2. The molecule has 3 heterocycles. The van der Waals surface area contributed by atoms with E-state index in [1.807, 2.05) is 19.1 Å². The lowest BCUT2D eigenvalue weighted by molar-refractivity contribution is -0.145. The number of carbonyl (C=O) groups excluding carboxylic acids is 7. The number of likely N-dealkylation sites (tertiary alicyclic amines) is 1. The summed E-state index contributed by atoms with van der Waals surface area (Å²) in [6.45, 7) is 6.62. The zero-order chi connectivity index (χ0) is 56.1. The zero-order valence-electron chi connectivity index (χ0n) is 44.2. The number of β-amino-alcohol motifs (C(OH)–C–C–N with tert-alkyl or cyclic N) is 1. The summed E-state index contributed by atoms with van der Waals surface area (Å²) in [5, 5.41) is 39.0. The van der Waals surface area contributed by atoms with Gasteiger partial charge < -0.3 is 60.6 Å². The van der Waals surface area contributed by atoms with Crippen LogP contribution >= 0.6 is 11.3 Å². The zero-order valence-corrected chi connectivity index (χ0v) is 45.0. The van der Waals surface area contributed by atoms with Crippen LogP contribution in [0, 0.1) is 12.3 Å². The number of phenols is 1. The number of phenolic OH excluding ortho intramolecular Hbond substituents is 1. The van der Waals surface area contributed by atoms with Gasteiger partial charge in [-0.15, -0.1) is 11.3 Å². The molecule has 7 amide bonds. The highest BCUT2D eigenvalue weighted by Crippen LogP contribution is 2.41. The van der Waals surface area contributed by atoms with Gasteiger partial charge in [-0.05, 0) is 91.5 Å². The molecule has 2 aromatic heterocycles. The minimum Gasteiger partial charge on any atom is -0.507 e. The number of hydrogen-bond donors (Lipinski definition) is 7. The summed E-state index contributed by atoms with van der Waals surface area (Å²) in [4.78, 5) is 99.6. The molecular formula is C55H64FN9O12S. The van der Waals surface area contributed by atoms with E-state index in [1.54, 1.807) is 70.7 Å². The molecule has 0 unspecified atom stereocenters. The number of amides is 7. The second kappa shape index (κ2) is 23.8. The molecule has 4 atom stereocenters. The summed E-state index contributed by atoms with van der Waals surface area (Å²) in [5.74, 6) is -2.96. The standard InChI is InChI=1S/C55H64FN9O12S/c1-30-47(78-29-60-30)33-8-9-34(25-59-50(71)41-22-35(66)26-65(41)52(73)48(54(2,3)4)62-53(74)55(56)16-17-55)43(21-33)76-28-46(69)58-19-7-18-57-45(68)27-75-36-13-10-31-12-15-39(38(31)23-36)61-49(70)40-24-44(77-63-40)32-11-14-37(42(67)20-32)51(72)64(5)6/h8-11,13-14,20-21,23-24,29,35,39,41,48,66-67H,7,12,15-19,22,25-28H2,1-6H3,(H,57,68)(H,58,69)(H,59,71)(H,61,70)(H,62,74)/t35-,39-,41+,48-/m1/s1. The first-order chi connectivity index (χ1) is 37.1. The maximum absolute atomic E-state index is 14.7. The highest BCUT2D eigenvalue weighted by atomic mass is 32.1. The number of benzene rings is 3. The molecule has 78 heavy (non-hydrogen) atoms. The van der Waals surface area contributed by atoms with Gasteiger partial charge in [0.1, 0.15) is 29.3 Å². The number of aromatic hydroxyl groups is 1. The van der Waals surface area contributed by atoms with Crippen molar-refractivity contribution in [1.82, 2.24) is 46.5 Å². The third kappa shape index (κ3) is 13.4. The Labute approximate surface area is 453 Å². The number of nitrogens with zero attached hydrogens (tertiary/aromatic N) is 4.